The van der Waals surface area contributed by atoms with Crippen LogP contribution in [0.15, 0.2) is 18.2 Å². The van der Waals surface area contributed by atoms with Gasteiger partial charge < -0.3 is 15.0 Å². The normalized spacial score (nSPS) is 18.2. The zero-order chi connectivity index (χ0) is 15.5. The molecule has 0 aliphatic carbocycles. The third-order valence-electron chi connectivity index (χ3n) is 5.01. The van der Waals surface area contributed by atoms with Gasteiger partial charge in [0, 0.05) is 17.5 Å². The Morgan fingerprint density at radius 3 is 2.71 bits per heavy atom. The maximum atomic E-state index is 5.95. The smallest absolute Gasteiger partial charge is 0.127 e. The molecule has 0 bridgehead atoms. The van der Waals surface area contributed by atoms with E-state index in [9.17, 15) is 0 Å². The van der Waals surface area contributed by atoms with Gasteiger partial charge >= 0.3 is 0 Å². The van der Waals surface area contributed by atoms with Crippen molar-refractivity contribution in [2.24, 2.45) is 0 Å². The second-order valence-corrected chi connectivity index (χ2v) is 6.43. The van der Waals surface area contributed by atoms with Gasteiger partial charge in [-0.3, -0.25) is 0 Å². The molecule has 3 nitrogen and oxygen atoms in total. The first-order chi connectivity index (χ1) is 10.0. The van der Waals surface area contributed by atoms with E-state index in [1.54, 1.807) is 0 Å². The van der Waals surface area contributed by atoms with Crippen LogP contribution in [0.25, 0.3) is 0 Å². The lowest BCUT2D eigenvalue weighted by molar-refractivity contribution is 0.111. The fourth-order valence-electron chi connectivity index (χ4n) is 3.20. The third kappa shape index (κ3) is 3.09. The largest absolute Gasteiger partial charge is 0.493 e. The third-order valence-corrected chi connectivity index (χ3v) is 5.01. The van der Waals surface area contributed by atoms with Crippen molar-refractivity contribution in [1.82, 2.24) is 10.2 Å². The van der Waals surface area contributed by atoms with Crippen LogP contribution in [0.2, 0.25) is 0 Å². The summed E-state index contributed by atoms with van der Waals surface area (Å²) in [7, 11) is 4.35. The molecule has 3 heteroatoms. The zero-order valence-electron chi connectivity index (χ0n) is 14.2. The van der Waals surface area contributed by atoms with E-state index >= 15 is 0 Å². The summed E-state index contributed by atoms with van der Waals surface area (Å²) in [6.45, 7) is 8.67. The number of para-hydroxylation sites is 1. The summed E-state index contributed by atoms with van der Waals surface area (Å²) in [6.07, 6.45) is 3.26. The second-order valence-electron chi connectivity index (χ2n) is 6.43. The van der Waals surface area contributed by atoms with Gasteiger partial charge in [0.1, 0.15) is 5.75 Å². The first-order valence-corrected chi connectivity index (χ1v) is 8.20. The number of ether oxygens (including phenoxy) is 1. The number of fused-ring (bicyclic) bond motifs is 1. The van der Waals surface area contributed by atoms with E-state index in [1.807, 2.05) is 0 Å². The minimum atomic E-state index is 0.0657. The predicted octanol–water partition coefficient (Wildman–Crippen LogP) is 3.39. The van der Waals surface area contributed by atoms with Crippen molar-refractivity contribution in [2.75, 3.05) is 27.2 Å². The van der Waals surface area contributed by atoms with Gasteiger partial charge in [-0.2, -0.15) is 0 Å². The van der Waals surface area contributed by atoms with Crippen LogP contribution in [0.5, 0.6) is 5.75 Å². The molecule has 0 saturated heterocycles. The minimum absolute atomic E-state index is 0.0657. The topological polar surface area (TPSA) is 24.5 Å². The molecule has 1 aliphatic heterocycles. The van der Waals surface area contributed by atoms with Crippen LogP contribution in [0.1, 0.15) is 50.8 Å². The van der Waals surface area contributed by atoms with Crippen LogP contribution in [-0.2, 0) is 6.42 Å². The molecule has 2 atom stereocenters. The highest BCUT2D eigenvalue weighted by Crippen LogP contribution is 2.40. The van der Waals surface area contributed by atoms with Crippen molar-refractivity contribution in [3.8, 4) is 5.75 Å². The number of benzene rings is 1. The summed E-state index contributed by atoms with van der Waals surface area (Å²) in [6, 6.07) is 6.89. The van der Waals surface area contributed by atoms with Crippen LogP contribution < -0.4 is 10.1 Å². The van der Waals surface area contributed by atoms with Gasteiger partial charge in [0.25, 0.3) is 0 Å². The van der Waals surface area contributed by atoms with Gasteiger partial charge in [-0.25, -0.2) is 0 Å². The zero-order valence-corrected chi connectivity index (χ0v) is 14.2. The molecule has 1 heterocycles. The number of hydrogen-bond acceptors (Lipinski definition) is 3. The van der Waals surface area contributed by atoms with E-state index in [-0.39, 0.29) is 11.6 Å². The van der Waals surface area contributed by atoms with Gasteiger partial charge in [-0.1, -0.05) is 32.0 Å². The number of rotatable bonds is 7. The van der Waals surface area contributed by atoms with Crippen molar-refractivity contribution in [2.45, 2.75) is 51.6 Å². The molecule has 118 valence electrons. The van der Waals surface area contributed by atoms with Crippen LogP contribution >= 0.6 is 0 Å². The lowest BCUT2D eigenvalue weighted by atomic mass is 9.82. The Bertz CT molecular complexity index is 472. The minimum Gasteiger partial charge on any atom is -0.493 e. The van der Waals surface area contributed by atoms with Gasteiger partial charge in [-0.05, 0) is 46.0 Å². The van der Waals surface area contributed by atoms with Crippen molar-refractivity contribution >= 4 is 0 Å². The van der Waals surface area contributed by atoms with Crippen molar-refractivity contribution in [3.05, 3.63) is 29.3 Å². The molecule has 1 aromatic rings. The monoisotopic (exact) mass is 290 g/mol. The SMILES string of the molecule is CCCNC(c1cccc2c1OCC2)C(C)(CC)N(C)C. The Morgan fingerprint density at radius 2 is 2.10 bits per heavy atom. The Balaban J connectivity index is 2.43. The molecule has 2 rings (SSSR count). The maximum absolute atomic E-state index is 5.95. The van der Waals surface area contributed by atoms with Crippen LogP contribution in [0.4, 0.5) is 0 Å². The highest BCUT2D eigenvalue weighted by molar-refractivity contribution is 5.46. The average Bonchev–Trinajstić information content (AvgIpc) is 2.96. The second kappa shape index (κ2) is 6.80. The van der Waals surface area contributed by atoms with Gasteiger partial charge in [0.15, 0.2) is 0 Å². The molecule has 0 amide bonds. The molecule has 21 heavy (non-hydrogen) atoms. The Labute approximate surface area is 129 Å². The predicted molar refractivity (Wildman–Crippen MR) is 89.1 cm³/mol. The fraction of sp³-hybridized carbons (Fsp3) is 0.667. The summed E-state index contributed by atoms with van der Waals surface area (Å²) in [5, 5.41) is 3.77. The van der Waals surface area contributed by atoms with Crippen LogP contribution in [0.3, 0.4) is 0 Å². The Morgan fingerprint density at radius 1 is 1.33 bits per heavy atom. The molecule has 1 aromatic carbocycles. The lowest BCUT2D eigenvalue weighted by Crippen LogP contribution is -2.51. The van der Waals surface area contributed by atoms with Gasteiger partial charge in [0.05, 0.1) is 12.6 Å². The molecule has 0 fully saturated rings. The van der Waals surface area contributed by atoms with E-state index < -0.39 is 0 Å². The molecular weight excluding hydrogens is 260 g/mol. The van der Waals surface area contributed by atoms with Crippen LogP contribution in [0, 0.1) is 0 Å². The lowest BCUT2D eigenvalue weighted by Gasteiger charge is -2.43. The molecule has 1 aliphatic rings. The number of likely N-dealkylation sites (N-methyl/N-ethyl adjacent to an activating group) is 1. The maximum Gasteiger partial charge on any atom is 0.127 e. The van der Waals surface area contributed by atoms with Crippen molar-refractivity contribution in [3.63, 3.8) is 0 Å². The fourth-order valence-corrected chi connectivity index (χ4v) is 3.20. The summed E-state index contributed by atoms with van der Waals surface area (Å²) >= 11 is 0. The van der Waals surface area contributed by atoms with E-state index in [4.69, 9.17) is 4.74 Å². The first-order valence-electron chi connectivity index (χ1n) is 8.20. The molecule has 0 radical (unpaired) electrons. The number of nitrogens with zero attached hydrogens (tertiary/aromatic N) is 1. The Kier molecular flexibility index (Phi) is 5.28. The number of hydrogen-bond donors (Lipinski definition) is 1. The molecule has 0 aromatic heterocycles. The van der Waals surface area contributed by atoms with E-state index in [0.29, 0.717) is 0 Å². The van der Waals surface area contributed by atoms with Crippen LogP contribution in [-0.4, -0.2) is 37.7 Å². The van der Waals surface area contributed by atoms with Crippen molar-refractivity contribution in [1.29, 1.82) is 0 Å². The molecule has 1 N–H and O–H groups in total. The molecule has 2 unspecified atom stereocenters. The summed E-state index contributed by atoms with van der Waals surface area (Å²) in [5.74, 6) is 1.12. The molecular formula is C18H30N2O. The van der Waals surface area contributed by atoms with E-state index in [0.717, 1.165) is 38.2 Å². The molecule has 0 spiro atoms. The summed E-state index contributed by atoms with van der Waals surface area (Å²) in [5.41, 5.74) is 2.74. The average molecular weight is 290 g/mol. The number of nitrogens with one attached hydrogen (secondary N) is 1. The highest BCUT2D eigenvalue weighted by Gasteiger charge is 2.37. The standard InChI is InChI=1S/C18H30N2O/c1-6-12-19-17(18(3,7-2)20(4)5)15-10-8-9-14-11-13-21-16(14)15/h8-10,17,19H,6-7,11-13H2,1-5H3. The van der Waals surface area contributed by atoms with E-state index in [1.165, 1.54) is 11.1 Å². The quantitative estimate of drug-likeness (QED) is 0.833. The Hall–Kier alpha value is -1.06. The van der Waals surface area contributed by atoms with Gasteiger partial charge in [0.2, 0.25) is 0 Å². The van der Waals surface area contributed by atoms with Crippen molar-refractivity contribution < 1.29 is 4.74 Å². The highest BCUT2D eigenvalue weighted by atomic mass is 16.5. The van der Waals surface area contributed by atoms with E-state index in [2.05, 4.69) is 63.3 Å². The molecule has 0 saturated carbocycles. The summed E-state index contributed by atoms with van der Waals surface area (Å²) < 4.78 is 5.95. The summed E-state index contributed by atoms with van der Waals surface area (Å²) in [4.78, 5) is 2.34. The van der Waals surface area contributed by atoms with Gasteiger partial charge in [-0.15, -0.1) is 0 Å². The first kappa shape index (κ1) is 16.3.